The number of piperazine rings is 1. The van der Waals surface area contributed by atoms with Gasteiger partial charge in [-0.1, -0.05) is 62.4 Å². The molecule has 1 saturated heterocycles. The van der Waals surface area contributed by atoms with Gasteiger partial charge in [0.2, 0.25) is 0 Å². The fourth-order valence-electron chi connectivity index (χ4n) is 5.19. The lowest BCUT2D eigenvalue weighted by atomic mass is 10.0. The van der Waals surface area contributed by atoms with Gasteiger partial charge in [-0.2, -0.15) is 0 Å². The molecule has 0 radical (unpaired) electrons. The van der Waals surface area contributed by atoms with Crippen LogP contribution >= 0.6 is 0 Å². The van der Waals surface area contributed by atoms with Crippen molar-refractivity contribution in [3.8, 4) is 11.4 Å². The standard InChI is InChI=1S/C29H33N3O.C4H4O4/c1-22(2)24-10-4-6-12-26(24)32-21-23(25-11-5-7-13-27(25)32)20-30-16-18-31(19-17-30)28-14-8-9-15-29(28)33-3;5-3(6)1-2-4(7)8/h4-15,21-22H,16-20H2,1-3H3;1-2H,(H,5,6)(H,7,8)/b;2-1+. The van der Waals surface area contributed by atoms with E-state index in [2.05, 4.69) is 95.1 Å². The first-order chi connectivity index (χ1) is 19.8. The Morgan fingerprint density at radius 1 is 0.829 bits per heavy atom. The SMILES string of the molecule is COc1ccccc1N1CCN(Cc2cn(-c3ccccc3C(C)C)c3ccccc23)CC1.O=C(O)/C=C/C(=O)O. The molecule has 0 aliphatic carbocycles. The van der Waals surface area contributed by atoms with E-state index in [0.29, 0.717) is 18.1 Å². The summed E-state index contributed by atoms with van der Waals surface area (Å²) in [5.41, 5.74) is 6.55. The first kappa shape index (κ1) is 29.4. The number of aromatic nitrogens is 1. The molecule has 0 amide bonds. The van der Waals surface area contributed by atoms with Crippen LogP contribution in [0.5, 0.6) is 5.75 Å². The number of carboxylic acid groups (broad SMARTS) is 2. The molecule has 2 N–H and O–H groups in total. The zero-order chi connectivity index (χ0) is 29.4. The molecule has 0 saturated carbocycles. The van der Waals surface area contributed by atoms with Crippen LogP contribution in [0.2, 0.25) is 0 Å². The van der Waals surface area contributed by atoms with E-state index in [9.17, 15) is 9.59 Å². The summed E-state index contributed by atoms with van der Waals surface area (Å²) in [6, 6.07) is 25.9. The highest BCUT2D eigenvalue weighted by molar-refractivity contribution is 5.89. The molecule has 41 heavy (non-hydrogen) atoms. The molecule has 5 rings (SSSR count). The van der Waals surface area contributed by atoms with Gasteiger partial charge >= 0.3 is 11.9 Å². The van der Waals surface area contributed by atoms with Gasteiger partial charge in [-0.15, -0.1) is 0 Å². The normalized spacial score (nSPS) is 13.8. The Bertz CT molecular complexity index is 1500. The fourth-order valence-corrected chi connectivity index (χ4v) is 5.19. The van der Waals surface area contributed by atoms with E-state index in [1.165, 1.54) is 33.4 Å². The maximum atomic E-state index is 9.55. The molecule has 214 valence electrons. The Kier molecular flexibility index (Phi) is 9.81. The van der Waals surface area contributed by atoms with Crippen molar-refractivity contribution in [3.05, 3.63) is 102 Å². The summed E-state index contributed by atoms with van der Waals surface area (Å²) in [7, 11) is 1.75. The second kappa shape index (κ2) is 13.7. The van der Waals surface area contributed by atoms with Crippen LogP contribution in [0.25, 0.3) is 16.6 Å². The van der Waals surface area contributed by atoms with Crippen molar-refractivity contribution in [2.75, 3.05) is 38.2 Å². The molecule has 8 nitrogen and oxygen atoms in total. The molecule has 1 aliphatic rings. The average molecular weight is 556 g/mol. The summed E-state index contributed by atoms with van der Waals surface area (Å²) in [5.74, 6) is -1.08. The predicted molar refractivity (Wildman–Crippen MR) is 162 cm³/mol. The lowest BCUT2D eigenvalue weighted by Crippen LogP contribution is -2.46. The number of carboxylic acids is 2. The third-order valence-corrected chi connectivity index (χ3v) is 7.17. The van der Waals surface area contributed by atoms with Crippen LogP contribution in [-0.4, -0.2) is 64.9 Å². The van der Waals surface area contributed by atoms with Crippen LogP contribution in [-0.2, 0) is 16.1 Å². The van der Waals surface area contributed by atoms with Crippen molar-refractivity contribution in [1.82, 2.24) is 9.47 Å². The minimum absolute atomic E-state index is 0.480. The summed E-state index contributed by atoms with van der Waals surface area (Å²) in [4.78, 5) is 24.1. The molecule has 8 heteroatoms. The highest BCUT2D eigenvalue weighted by Crippen LogP contribution is 2.31. The number of nitrogens with zero attached hydrogens (tertiary/aromatic N) is 3. The number of hydrogen-bond donors (Lipinski definition) is 2. The molecule has 0 bridgehead atoms. The first-order valence-electron chi connectivity index (χ1n) is 13.7. The van der Waals surface area contributed by atoms with E-state index >= 15 is 0 Å². The number of carbonyl (C=O) groups is 2. The number of fused-ring (bicyclic) bond motifs is 1. The van der Waals surface area contributed by atoms with Gasteiger partial charge in [0.25, 0.3) is 0 Å². The van der Waals surface area contributed by atoms with E-state index in [0.717, 1.165) is 38.5 Å². The third-order valence-electron chi connectivity index (χ3n) is 7.17. The molecular formula is C33H37N3O5. The Hall–Kier alpha value is -4.56. The Morgan fingerprint density at radius 3 is 2.05 bits per heavy atom. The number of benzene rings is 3. The summed E-state index contributed by atoms with van der Waals surface area (Å²) in [6.07, 6.45) is 3.48. The maximum absolute atomic E-state index is 9.55. The summed E-state index contributed by atoms with van der Waals surface area (Å²) < 4.78 is 7.98. The van der Waals surface area contributed by atoms with Crippen LogP contribution < -0.4 is 9.64 Å². The Balaban J connectivity index is 0.000000426. The highest BCUT2D eigenvalue weighted by atomic mass is 16.5. The van der Waals surface area contributed by atoms with Gasteiger partial charge in [-0.3, -0.25) is 4.90 Å². The molecule has 1 aliphatic heterocycles. The van der Waals surface area contributed by atoms with Crippen molar-refractivity contribution in [2.24, 2.45) is 0 Å². The van der Waals surface area contributed by atoms with Crippen LogP contribution in [0.4, 0.5) is 5.69 Å². The topological polar surface area (TPSA) is 95.2 Å². The van der Waals surface area contributed by atoms with Crippen LogP contribution in [0.3, 0.4) is 0 Å². The summed E-state index contributed by atoms with van der Waals surface area (Å²) >= 11 is 0. The molecule has 2 heterocycles. The van der Waals surface area contributed by atoms with Crippen molar-refractivity contribution >= 4 is 28.5 Å². The lowest BCUT2D eigenvalue weighted by molar-refractivity contribution is -0.134. The molecule has 1 aromatic heterocycles. The van der Waals surface area contributed by atoms with E-state index in [1.807, 2.05) is 12.1 Å². The number of ether oxygens (including phenoxy) is 1. The number of aliphatic carboxylic acids is 2. The summed E-state index contributed by atoms with van der Waals surface area (Å²) in [6.45, 7) is 9.61. The number of rotatable bonds is 8. The quantitative estimate of drug-likeness (QED) is 0.266. The van der Waals surface area contributed by atoms with Gasteiger partial charge < -0.3 is 24.4 Å². The van der Waals surface area contributed by atoms with E-state index in [1.54, 1.807) is 7.11 Å². The van der Waals surface area contributed by atoms with Crippen molar-refractivity contribution < 1.29 is 24.5 Å². The van der Waals surface area contributed by atoms with Crippen molar-refractivity contribution in [3.63, 3.8) is 0 Å². The van der Waals surface area contributed by atoms with Gasteiger partial charge in [-0.25, -0.2) is 9.59 Å². The van der Waals surface area contributed by atoms with Crippen LogP contribution in [0, 0.1) is 0 Å². The van der Waals surface area contributed by atoms with Gasteiger partial charge in [0.1, 0.15) is 5.75 Å². The van der Waals surface area contributed by atoms with Gasteiger partial charge in [0, 0.05) is 62.1 Å². The molecule has 4 aromatic rings. The zero-order valence-corrected chi connectivity index (χ0v) is 23.7. The van der Waals surface area contributed by atoms with E-state index in [4.69, 9.17) is 14.9 Å². The molecule has 1 fully saturated rings. The Labute approximate surface area is 240 Å². The minimum Gasteiger partial charge on any atom is -0.495 e. The molecular weight excluding hydrogens is 518 g/mol. The maximum Gasteiger partial charge on any atom is 0.328 e. The van der Waals surface area contributed by atoms with Crippen molar-refractivity contribution in [1.29, 1.82) is 0 Å². The smallest absolute Gasteiger partial charge is 0.328 e. The second-order valence-corrected chi connectivity index (χ2v) is 10.2. The van der Waals surface area contributed by atoms with Crippen LogP contribution in [0.1, 0.15) is 30.9 Å². The third kappa shape index (κ3) is 7.35. The van der Waals surface area contributed by atoms with Gasteiger partial charge in [0.15, 0.2) is 0 Å². The molecule has 3 aromatic carbocycles. The van der Waals surface area contributed by atoms with Gasteiger partial charge in [-0.05, 0) is 41.3 Å². The second-order valence-electron chi connectivity index (χ2n) is 10.2. The number of para-hydroxylation sites is 4. The van der Waals surface area contributed by atoms with Crippen molar-refractivity contribution in [2.45, 2.75) is 26.3 Å². The fraction of sp³-hybridized carbons (Fsp3) is 0.273. The number of hydrogen-bond acceptors (Lipinski definition) is 5. The molecule has 0 spiro atoms. The highest BCUT2D eigenvalue weighted by Gasteiger charge is 2.21. The summed E-state index contributed by atoms with van der Waals surface area (Å²) in [5, 5.41) is 17.0. The van der Waals surface area contributed by atoms with Gasteiger partial charge in [0.05, 0.1) is 18.3 Å². The van der Waals surface area contributed by atoms with Crippen LogP contribution in [0.15, 0.2) is 91.1 Å². The molecule has 0 atom stereocenters. The predicted octanol–water partition coefficient (Wildman–Crippen LogP) is 5.80. The average Bonchev–Trinajstić information content (AvgIpc) is 3.35. The largest absolute Gasteiger partial charge is 0.495 e. The lowest BCUT2D eigenvalue weighted by Gasteiger charge is -2.36. The number of methoxy groups -OCH3 is 1. The minimum atomic E-state index is -1.26. The monoisotopic (exact) mass is 555 g/mol. The molecule has 0 unspecified atom stereocenters. The number of anilines is 1. The Morgan fingerprint density at radius 2 is 1.41 bits per heavy atom. The zero-order valence-electron chi connectivity index (χ0n) is 23.7. The van der Waals surface area contributed by atoms with E-state index < -0.39 is 11.9 Å². The first-order valence-corrected chi connectivity index (χ1v) is 13.7. The van der Waals surface area contributed by atoms with E-state index in [-0.39, 0.29) is 0 Å².